The molecule has 0 radical (unpaired) electrons. The fourth-order valence-corrected chi connectivity index (χ4v) is 8.50. The summed E-state index contributed by atoms with van der Waals surface area (Å²) in [4.78, 5) is 25.6. The second-order valence-electron chi connectivity index (χ2n) is 20.2. The topological polar surface area (TPSA) is 61.8 Å². The minimum Gasteiger partial charge on any atom is -0.462 e. The maximum absolute atomic E-state index is 12.9. The van der Waals surface area contributed by atoms with Gasteiger partial charge in [0.25, 0.3) is 0 Å². The van der Waals surface area contributed by atoms with Gasteiger partial charge in [-0.1, -0.05) is 253 Å². The first-order valence-electron chi connectivity index (χ1n) is 30.8. The molecule has 1 unspecified atom stereocenters. The molecule has 0 heterocycles. The molecule has 0 fully saturated rings. The SMILES string of the molecule is CC/C=C\C/C=C\C/C=C\C/C=C\CCCCCCCCC(=O)OCC(COCCCCCCCCC/C=C\C/C=C\C/C=C\CCCCC)OC(=O)CCCCCCCCC/C=C\CCCCCCCC. The van der Waals surface area contributed by atoms with Crippen LogP contribution in [0.1, 0.15) is 290 Å². The fourth-order valence-electron chi connectivity index (χ4n) is 8.50. The highest BCUT2D eigenvalue weighted by molar-refractivity contribution is 5.70. The van der Waals surface area contributed by atoms with Gasteiger partial charge in [-0.05, 0) is 122 Å². The third-order valence-electron chi connectivity index (χ3n) is 13.1. The molecule has 0 spiro atoms. The molecule has 0 N–H and O–H groups in total. The van der Waals surface area contributed by atoms with Crippen LogP contribution in [0, 0.1) is 0 Å². The van der Waals surface area contributed by atoms with Gasteiger partial charge in [0.05, 0.1) is 6.61 Å². The molecule has 0 aromatic carbocycles. The number of hydrogen-bond donors (Lipinski definition) is 0. The van der Waals surface area contributed by atoms with Crippen LogP contribution in [-0.2, 0) is 23.8 Å². The predicted octanol–water partition coefficient (Wildman–Crippen LogP) is 21.4. The quantitative estimate of drug-likeness (QED) is 0.0345. The number of carbonyl (C=O) groups is 2. The molecule has 72 heavy (non-hydrogen) atoms. The predicted molar refractivity (Wildman–Crippen MR) is 316 cm³/mol. The molecule has 0 amide bonds. The fraction of sp³-hybridized carbons (Fsp3) is 0.731. The molecule has 0 aliphatic rings. The van der Waals surface area contributed by atoms with Crippen LogP contribution >= 0.6 is 0 Å². The summed E-state index contributed by atoms with van der Waals surface area (Å²) in [6.07, 6.45) is 84.3. The van der Waals surface area contributed by atoms with Crippen molar-refractivity contribution in [3.63, 3.8) is 0 Å². The van der Waals surface area contributed by atoms with E-state index in [-0.39, 0.29) is 25.2 Å². The largest absolute Gasteiger partial charge is 0.462 e. The molecule has 0 aliphatic carbocycles. The van der Waals surface area contributed by atoms with Crippen molar-refractivity contribution in [1.29, 1.82) is 0 Å². The minimum absolute atomic E-state index is 0.0683. The lowest BCUT2D eigenvalue weighted by Gasteiger charge is -2.18. The average Bonchev–Trinajstić information content (AvgIpc) is 3.38. The Hall–Kier alpha value is -3.18. The Morgan fingerprint density at radius 3 is 1.04 bits per heavy atom. The van der Waals surface area contributed by atoms with Gasteiger partial charge < -0.3 is 14.2 Å². The lowest BCUT2D eigenvalue weighted by atomic mass is 10.1. The van der Waals surface area contributed by atoms with Gasteiger partial charge in [-0.15, -0.1) is 0 Å². The Labute approximate surface area is 447 Å². The molecule has 0 bridgehead atoms. The van der Waals surface area contributed by atoms with E-state index in [9.17, 15) is 9.59 Å². The average molecular weight is 1000 g/mol. The Balaban J connectivity index is 4.34. The van der Waals surface area contributed by atoms with Crippen LogP contribution in [0.2, 0.25) is 0 Å². The smallest absolute Gasteiger partial charge is 0.306 e. The van der Waals surface area contributed by atoms with Crippen molar-refractivity contribution < 1.29 is 23.8 Å². The molecule has 0 saturated carbocycles. The van der Waals surface area contributed by atoms with Crippen molar-refractivity contribution in [3.05, 3.63) is 97.2 Å². The zero-order valence-corrected chi connectivity index (χ0v) is 47.7. The van der Waals surface area contributed by atoms with E-state index in [0.717, 1.165) is 96.3 Å². The standard InChI is InChI=1S/C67H116O5/c1-4-7-10-13-16-19-22-25-28-31-33-35-38-41-44-47-50-53-56-59-62-70-63-65(72-67(69)61-58-55-52-49-46-43-40-36-30-27-24-21-18-15-12-9-6-3)64-71-66(68)60-57-54-51-48-45-42-39-37-34-32-29-26-23-20-17-14-11-8-5-2/h8,11,16-17,19-20,25-30,33-35,37,65H,4-7,9-10,12-15,18,21-24,31-32,36,38-64H2,1-3H3/b11-8-,19-16-,20-17-,28-25-,29-26-,30-27-,35-33-,37-34-. The normalized spacial score (nSPS) is 12.9. The minimum atomic E-state index is -0.557. The number of unbranched alkanes of at least 4 members (excludes halogenated alkanes) is 29. The third-order valence-corrected chi connectivity index (χ3v) is 13.1. The van der Waals surface area contributed by atoms with Gasteiger partial charge in [0.1, 0.15) is 6.61 Å². The Morgan fingerprint density at radius 1 is 0.319 bits per heavy atom. The second kappa shape index (κ2) is 62.1. The van der Waals surface area contributed by atoms with Crippen molar-refractivity contribution in [2.24, 2.45) is 0 Å². The molecule has 414 valence electrons. The molecule has 0 aromatic heterocycles. The first-order chi connectivity index (χ1) is 35.6. The van der Waals surface area contributed by atoms with Crippen LogP contribution in [-0.4, -0.2) is 37.9 Å². The lowest BCUT2D eigenvalue weighted by molar-refractivity contribution is -0.163. The van der Waals surface area contributed by atoms with Gasteiger partial charge in [-0.3, -0.25) is 9.59 Å². The molecular weight excluding hydrogens is 885 g/mol. The lowest BCUT2D eigenvalue weighted by Crippen LogP contribution is -2.30. The van der Waals surface area contributed by atoms with Crippen LogP contribution in [0.25, 0.3) is 0 Å². The molecule has 1 atom stereocenters. The van der Waals surface area contributed by atoms with Gasteiger partial charge in [-0.2, -0.15) is 0 Å². The third kappa shape index (κ3) is 59.4. The first kappa shape index (κ1) is 68.8. The highest BCUT2D eigenvalue weighted by Crippen LogP contribution is 2.15. The van der Waals surface area contributed by atoms with Gasteiger partial charge in [-0.25, -0.2) is 0 Å². The van der Waals surface area contributed by atoms with E-state index >= 15 is 0 Å². The highest BCUT2D eigenvalue weighted by Gasteiger charge is 2.17. The summed E-state index contributed by atoms with van der Waals surface area (Å²) in [6, 6.07) is 0. The van der Waals surface area contributed by atoms with Crippen LogP contribution in [0.4, 0.5) is 0 Å². The molecular formula is C67H116O5. The maximum Gasteiger partial charge on any atom is 0.306 e. The Kier molecular flexibility index (Phi) is 59.4. The summed E-state index contributed by atoms with van der Waals surface area (Å²) in [5.41, 5.74) is 0. The van der Waals surface area contributed by atoms with E-state index in [0.29, 0.717) is 19.4 Å². The molecule has 0 aliphatic heterocycles. The van der Waals surface area contributed by atoms with E-state index in [4.69, 9.17) is 14.2 Å². The van der Waals surface area contributed by atoms with Crippen LogP contribution in [0.3, 0.4) is 0 Å². The number of esters is 2. The van der Waals surface area contributed by atoms with Crippen LogP contribution < -0.4 is 0 Å². The van der Waals surface area contributed by atoms with Crippen molar-refractivity contribution in [2.75, 3.05) is 19.8 Å². The van der Waals surface area contributed by atoms with Crippen molar-refractivity contribution in [2.45, 2.75) is 297 Å². The zero-order valence-electron chi connectivity index (χ0n) is 47.7. The first-order valence-corrected chi connectivity index (χ1v) is 30.8. The van der Waals surface area contributed by atoms with Crippen molar-refractivity contribution in [3.8, 4) is 0 Å². The summed E-state index contributed by atoms with van der Waals surface area (Å²) >= 11 is 0. The molecule has 0 rings (SSSR count). The Morgan fingerprint density at radius 2 is 0.625 bits per heavy atom. The van der Waals surface area contributed by atoms with Crippen molar-refractivity contribution in [1.82, 2.24) is 0 Å². The van der Waals surface area contributed by atoms with E-state index in [1.165, 1.54) is 161 Å². The number of ether oxygens (including phenoxy) is 3. The van der Waals surface area contributed by atoms with Gasteiger partial charge in [0, 0.05) is 19.4 Å². The number of allylic oxidation sites excluding steroid dienone is 16. The number of rotatable bonds is 56. The molecule has 0 saturated heterocycles. The van der Waals surface area contributed by atoms with E-state index in [2.05, 4.69) is 118 Å². The summed E-state index contributed by atoms with van der Waals surface area (Å²) in [7, 11) is 0. The number of hydrogen-bond acceptors (Lipinski definition) is 5. The van der Waals surface area contributed by atoms with Crippen LogP contribution in [0.5, 0.6) is 0 Å². The molecule has 0 aromatic rings. The summed E-state index contributed by atoms with van der Waals surface area (Å²) in [6.45, 7) is 7.67. The number of carbonyl (C=O) groups excluding carboxylic acids is 2. The maximum atomic E-state index is 12.9. The van der Waals surface area contributed by atoms with E-state index < -0.39 is 6.10 Å². The molecule has 5 heteroatoms. The summed E-state index contributed by atoms with van der Waals surface area (Å²) in [5, 5.41) is 0. The Bertz CT molecular complexity index is 1360. The second-order valence-corrected chi connectivity index (χ2v) is 20.2. The molecule has 5 nitrogen and oxygen atoms in total. The van der Waals surface area contributed by atoms with E-state index in [1.807, 2.05) is 0 Å². The monoisotopic (exact) mass is 1000 g/mol. The zero-order chi connectivity index (χ0) is 52.0. The van der Waals surface area contributed by atoms with Gasteiger partial charge in [0.15, 0.2) is 6.10 Å². The van der Waals surface area contributed by atoms with Gasteiger partial charge >= 0.3 is 11.9 Å². The summed E-state index contributed by atoms with van der Waals surface area (Å²) < 4.78 is 17.5. The highest BCUT2D eigenvalue weighted by atomic mass is 16.6. The summed E-state index contributed by atoms with van der Waals surface area (Å²) in [5.74, 6) is -0.419. The van der Waals surface area contributed by atoms with E-state index in [1.54, 1.807) is 0 Å². The van der Waals surface area contributed by atoms with Crippen LogP contribution in [0.15, 0.2) is 97.2 Å². The van der Waals surface area contributed by atoms with Gasteiger partial charge in [0.2, 0.25) is 0 Å². The van der Waals surface area contributed by atoms with Crippen molar-refractivity contribution >= 4 is 11.9 Å².